The first kappa shape index (κ1) is 16.5. The highest BCUT2D eigenvalue weighted by Gasteiger charge is 2.06. The van der Waals surface area contributed by atoms with Crippen LogP contribution < -0.4 is 10.6 Å². The summed E-state index contributed by atoms with van der Waals surface area (Å²) in [5.41, 5.74) is 3.67. The van der Waals surface area contributed by atoms with Crippen LogP contribution in [0.5, 0.6) is 0 Å². The van der Waals surface area contributed by atoms with E-state index in [9.17, 15) is 0 Å². The molecule has 1 aromatic heterocycles. The summed E-state index contributed by atoms with van der Waals surface area (Å²) >= 11 is 1.69. The van der Waals surface area contributed by atoms with E-state index in [0.29, 0.717) is 12.5 Å². The molecule has 22 heavy (non-hydrogen) atoms. The molecule has 0 amide bonds. The normalized spacial score (nSPS) is 11.8. The highest BCUT2D eigenvalue weighted by molar-refractivity contribution is 7.09. The monoisotopic (exact) mass is 316 g/mol. The van der Waals surface area contributed by atoms with Gasteiger partial charge >= 0.3 is 0 Å². The lowest BCUT2D eigenvalue weighted by Gasteiger charge is -2.11. The lowest BCUT2D eigenvalue weighted by molar-refractivity contribution is 0.785. The summed E-state index contributed by atoms with van der Waals surface area (Å²) in [5.74, 6) is 1.27. The van der Waals surface area contributed by atoms with Gasteiger partial charge in [-0.1, -0.05) is 43.7 Å². The van der Waals surface area contributed by atoms with E-state index in [4.69, 9.17) is 0 Å². The smallest absolute Gasteiger partial charge is 0.191 e. The van der Waals surface area contributed by atoms with Crippen molar-refractivity contribution in [3.63, 3.8) is 0 Å². The zero-order valence-electron chi connectivity index (χ0n) is 13.7. The van der Waals surface area contributed by atoms with Crippen LogP contribution in [0.2, 0.25) is 0 Å². The summed E-state index contributed by atoms with van der Waals surface area (Å²) in [5, 5.41) is 9.84. The van der Waals surface area contributed by atoms with Crippen molar-refractivity contribution in [2.45, 2.75) is 39.8 Å². The number of guanidine groups is 1. The quantitative estimate of drug-likeness (QED) is 0.656. The van der Waals surface area contributed by atoms with Gasteiger partial charge in [-0.2, -0.15) is 0 Å². The number of aryl methyl sites for hydroxylation is 1. The highest BCUT2D eigenvalue weighted by atomic mass is 32.1. The van der Waals surface area contributed by atoms with Crippen molar-refractivity contribution >= 4 is 17.3 Å². The fourth-order valence-corrected chi connectivity index (χ4v) is 2.84. The minimum absolute atomic E-state index is 0.476. The molecule has 2 aromatic rings. The maximum Gasteiger partial charge on any atom is 0.191 e. The molecule has 2 N–H and O–H groups in total. The van der Waals surface area contributed by atoms with Crippen LogP contribution in [-0.2, 0) is 13.1 Å². The summed E-state index contributed by atoms with van der Waals surface area (Å²) in [4.78, 5) is 8.87. The Morgan fingerprint density at radius 3 is 2.45 bits per heavy atom. The minimum Gasteiger partial charge on any atom is -0.352 e. The van der Waals surface area contributed by atoms with Gasteiger partial charge < -0.3 is 10.6 Å². The Bertz CT molecular complexity index is 614. The van der Waals surface area contributed by atoms with Crippen LogP contribution in [0.15, 0.2) is 34.6 Å². The van der Waals surface area contributed by atoms with Gasteiger partial charge in [0.05, 0.1) is 12.2 Å². The highest BCUT2D eigenvalue weighted by Crippen LogP contribution is 2.17. The van der Waals surface area contributed by atoms with Crippen molar-refractivity contribution in [1.29, 1.82) is 0 Å². The van der Waals surface area contributed by atoms with Crippen molar-refractivity contribution < 1.29 is 0 Å². The Balaban J connectivity index is 1.83. The van der Waals surface area contributed by atoms with Crippen LogP contribution in [0.1, 0.15) is 41.6 Å². The first-order valence-corrected chi connectivity index (χ1v) is 8.41. The number of aromatic nitrogens is 1. The molecule has 0 radical (unpaired) electrons. The van der Waals surface area contributed by atoms with Gasteiger partial charge in [-0.25, -0.2) is 4.98 Å². The lowest BCUT2D eigenvalue weighted by Crippen LogP contribution is -2.36. The second-order valence-corrected chi connectivity index (χ2v) is 6.53. The minimum atomic E-state index is 0.476. The molecular formula is C17H24N4S. The van der Waals surface area contributed by atoms with Gasteiger partial charge in [-0.05, 0) is 18.4 Å². The molecule has 0 aliphatic carbocycles. The van der Waals surface area contributed by atoms with E-state index in [1.165, 1.54) is 11.1 Å². The van der Waals surface area contributed by atoms with Crippen LogP contribution in [0.25, 0.3) is 0 Å². The predicted molar refractivity (Wildman–Crippen MR) is 94.4 cm³/mol. The summed E-state index contributed by atoms with van der Waals surface area (Å²) in [6.07, 6.45) is 0. The van der Waals surface area contributed by atoms with Gasteiger partial charge in [-0.15, -0.1) is 11.3 Å². The van der Waals surface area contributed by atoms with E-state index in [2.05, 4.69) is 71.0 Å². The molecule has 0 fully saturated rings. The molecule has 0 unspecified atom stereocenters. The number of thiazole rings is 1. The zero-order chi connectivity index (χ0) is 15.9. The number of hydrogen-bond donors (Lipinski definition) is 2. The molecule has 0 aliphatic rings. The molecule has 0 spiro atoms. The Morgan fingerprint density at radius 2 is 1.86 bits per heavy atom. The third-order valence-electron chi connectivity index (χ3n) is 3.37. The number of hydrogen-bond acceptors (Lipinski definition) is 3. The first-order chi connectivity index (χ1) is 10.6. The standard InChI is InChI=1S/C17H24N4S/c1-12(2)15-11-22-16(21-15)10-20-17(18-4)19-9-14-7-5-13(3)6-8-14/h5-8,11-12H,9-10H2,1-4H3,(H2,18,19,20). The molecule has 0 bridgehead atoms. The molecule has 1 aromatic carbocycles. The molecule has 118 valence electrons. The van der Waals surface area contributed by atoms with Crippen LogP contribution >= 0.6 is 11.3 Å². The zero-order valence-corrected chi connectivity index (χ0v) is 14.5. The average molecular weight is 316 g/mol. The summed E-state index contributed by atoms with van der Waals surface area (Å²) < 4.78 is 0. The van der Waals surface area contributed by atoms with Gasteiger partial charge in [0.2, 0.25) is 0 Å². The van der Waals surface area contributed by atoms with Gasteiger partial charge in [-0.3, -0.25) is 4.99 Å². The van der Waals surface area contributed by atoms with Crippen LogP contribution in [0.3, 0.4) is 0 Å². The van der Waals surface area contributed by atoms with Crippen molar-refractivity contribution in [3.8, 4) is 0 Å². The van der Waals surface area contributed by atoms with Gasteiger partial charge in [0.1, 0.15) is 5.01 Å². The van der Waals surface area contributed by atoms with Gasteiger partial charge in [0, 0.05) is 19.0 Å². The number of rotatable bonds is 5. The molecule has 0 saturated heterocycles. The topological polar surface area (TPSA) is 49.3 Å². The molecule has 5 heteroatoms. The summed E-state index contributed by atoms with van der Waals surface area (Å²) in [6.45, 7) is 7.87. The summed E-state index contributed by atoms with van der Waals surface area (Å²) in [6, 6.07) is 8.50. The Hall–Kier alpha value is -1.88. The maximum atomic E-state index is 4.62. The largest absolute Gasteiger partial charge is 0.352 e. The van der Waals surface area contributed by atoms with Crippen molar-refractivity contribution in [3.05, 3.63) is 51.5 Å². The SMILES string of the molecule is CN=C(NCc1ccc(C)cc1)NCc1nc(C(C)C)cs1. The number of aliphatic imine (C=N–C) groups is 1. The number of benzene rings is 1. The summed E-state index contributed by atoms with van der Waals surface area (Å²) in [7, 11) is 1.78. The van der Waals surface area contributed by atoms with Crippen LogP contribution in [0.4, 0.5) is 0 Å². The Kier molecular flexibility index (Phi) is 5.95. The fraction of sp³-hybridized carbons (Fsp3) is 0.412. The maximum absolute atomic E-state index is 4.62. The third-order valence-corrected chi connectivity index (χ3v) is 4.24. The van der Waals surface area contributed by atoms with E-state index >= 15 is 0 Å². The van der Waals surface area contributed by atoms with E-state index in [-0.39, 0.29) is 0 Å². The van der Waals surface area contributed by atoms with Crippen molar-refractivity contribution in [1.82, 2.24) is 15.6 Å². The second-order valence-electron chi connectivity index (χ2n) is 5.59. The van der Waals surface area contributed by atoms with Crippen molar-refractivity contribution in [2.24, 2.45) is 4.99 Å². The fourth-order valence-electron chi connectivity index (χ4n) is 1.94. The van der Waals surface area contributed by atoms with E-state index in [1.54, 1.807) is 18.4 Å². The lowest BCUT2D eigenvalue weighted by atomic mass is 10.1. The second kappa shape index (κ2) is 7.94. The molecule has 0 atom stereocenters. The Labute approximate surface area is 136 Å². The molecule has 1 heterocycles. The Morgan fingerprint density at radius 1 is 1.18 bits per heavy atom. The van der Waals surface area contributed by atoms with E-state index < -0.39 is 0 Å². The molecule has 2 rings (SSSR count). The number of nitrogens with zero attached hydrogens (tertiary/aromatic N) is 2. The van der Waals surface area contributed by atoms with E-state index in [1.807, 2.05) is 0 Å². The predicted octanol–water partition coefficient (Wildman–Crippen LogP) is 3.44. The number of nitrogens with one attached hydrogen (secondary N) is 2. The van der Waals surface area contributed by atoms with Gasteiger partial charge in [0.15, 0.2) is 5.96 Å². The van der Waals surface area contributed by atoms with Gasteiger partial charge in [0.25, 0.3) is 0 Å². The first-order valence-electron chi connectivity index (χ1n) is 7.53. The average Bonchev–Trinajstić information content (AvgIpc) is 2.98. The van der Waals surface area contributed by atoms with Crippen molar-refractivity contribution in [2.75, 3.05) is 7.05 Å². The molecule has 4 nitrogen and oxygen atoms in total. The van der Waals surface area contributed by atoms with E-state index in [0.717, 1.165) is 23.2 Å². The van der Waals surface area contributed by atoms with Crippen LogP contribution in [0, 0.1) is 6.92 Å². The molecule has 0 saturated carbocycles. The molecular weight excluding hydrogens is 292 g/mol. The van der Waals surface area contributed by atoms with Crippen LogP contribution in [-0.4, -0.2) is 18.0 Å². The third kappa shape index (κ3) is 4.84. The molecule has 0 aliphatic heterocycles.